The number of anilines is 3. The normalized spacial score (nSPS) is 13.6. The molecule has 1 saturated heterocycles. The second-order valence-corrected chi connectivity index (χ2v) is 9.62. The molecule has 0 saturated carbocycles. The fraction of sp³-hybridized carbons (Fsp3) is 0.267. The molecule has 5 rings (SSSR count). The number of carbonyl (C=O) groups excluding carboxylic acids is 1. The number of rotatable bonds is 6. The summed E-state index contributed by atoms with van der Waals surface area (Å²) in [6, 6.07) is 20.1. The van der Waals surface area contributed by atoms with E-state index in [1.165, 1.54) is 5.56 Å². The fourth-order valence-electron chi connectivity index (χ4n) is 4.62. The van der Waals surface area contributed by atoms with Gasteiger partial charge in [-0.3, -0.25) is 14.8 Å². The van der Waals surface area contributed by atoms with Crippen LogP contribution in [-0.4, -0.2) is 47.0 Å². The van der Waals surface area contributed by atoms with E-state index < -0.39 is 0 Å². The summed E-state index contributed by atoms with van der Waals surface area (Å²) >= 11 is 0. The van der Waals surface area contributed by atoms with Crippen LogP contribution in [0, 0.1) is 6.92 Å². The summed E-state index contributed by atoms with van der Waals surface area (Å²) in [6.07, 6.45) is 5.35. The van der Waals surface area contributed by atoms with E-state index in [0.29, 0.717) is 17.2 Å². The highest BCUT2D eigenvalue weighted by atomic mass is 16.1. The number of benzene rings is 2. The zero-order chi connectivity index (χ0) is 25.8. The first-order valence-electron chi connectivity index (χ1n) is 12.7. The minimum Gasteiger partial charge on any atom is -0.366 e. The molecule has 4 aromatic rings. The van der Waals surface area contributed by atoms with Crippen LogP contribution in [0.25, 0.3) is 11.3 Å². The van der Waals surface area contributed by atoms with Crippen molar-refractivity contribution in [2.24, 2.45) is 0 Å². The van der Waals surface area contributed by atoms with Gasteiger partial charge in [-0.15, -0.1) is 0 Å². The molecule has 1 aliphatic heterocycles. The van der Waals surface area contributed by atoms with Gasteiger partial charge in [-0.1, -0.05) is 50.2 Å². The van der Waals surface area contributed by atoms with E-state index in [4.69, 9.17) is 4.98 Å². The summed E-state index contributed by atoms with van der Waals surface area (Å²) < 4.78 is 0. The lowest BCUT2D eigenvalue weighted by Gasteiger charge is -2.37. The maximum absolute atomic E-state index is 13.1. The molecule has 2 aromatic heterocycles. The summed E-state index contributed by atoms with van der Waals surface area (Å²) in [5, 5.41) is 3.14. The topological polar surface area (TPSA) is 74.2 Å². The molecule has 1 N–H and O–H groups in total. The van der Waals surface area contributed by atoms with E-state index in [9.17, 15) is 4.79 Å². The van der Waals surface area contributed by atoms with Gasteiger partial charge in [-0.2, -0.15) is 0 Å². The van der Waals surface area contributed by atoms with Gasteiger partial charge in [0, 0.05) is 43.6 Å². The molecule has 0 radical (unpaired) electrons. The van der Waals surface area contributed by atoms with Crippen molar-refractivity contribution < 1.29 is 4.79 Å². The molecule has 0 spiro atoms. The second kappa shape index (κ2) is 10.8. The van der Waals surface area contributed by atoms with Crippen molar-refractivity contribution in [3.63, 3.8) is 0 Å². The third-order valence-electron chi connectivity index (χ3n) is 6.82. The zero-order valence-electron chi connectivity index (χ0n) is 21.6. The minimum atomic E-state index is -0.143. The Labute approximate surface area is 218 Å². The second-order valence-electron chi connectivity index (χ2n) is 9.62. The van der Waals surface area contributed by atoms with Crippen molar-refractivity contribution in [2.45, 2.75) is 26.7 Å². The van der Waals surface area contributed by atoms with Crippen molar-refractivity contribution in [1.82, 2.24) is 15.0 Å². The van der Waals surface area contributed by atoms with E-state index >= 15 is 0 Å². The van der Waals surface area contributed by atoms with E-state index in [1.807, 2.05) is 49.6 Å². The number of nitrogens with one attached hydrogen (secondary N) is 1. The molecule has 0 unspecified atom stereocenters. The number of pyridine rings is 1. The lowest BCUT2D eigenvalue weighted by Crippen LogP contribution is -2.47. The van der Waals surface area contributed by atoms with Crippen molar-refractivity contribution in [3.8, 4) is 11.3 Å². The van der Waals surface area contributed by atoms with Crippen LogP contribution in [0.5, 0.6) is 0 Å². The third kappa shape index (κ3) is 5.45. The Hall–Kier alpha value is -4.26. The molecular weight excluding hydrogens is 460 g/mol. The van der Waals surface area contributed by atoms with Crippen LogP contribution in [0.1, 0.15) is 41.4 Å². The minimum absolute atomic E-state index is 0.143. The monoisotopic (exact) mass is 492 g/mol. The van der Waals surface area contributed by atoms with E-state index in [0.717, 1.165) is 54.6 Å². The van der Waals surface area contributed by atoms with Gasteiger partial charge in [0.1, 0.15) is 5.82 Å². The number of piperazine rings is 1. The number of amides is 1. The predicted octanol–water partition coefficient (Wildman–Crippen LogP) is 5.55. The third-order valence-corrected chi connectivity index (χ3v) is 6.82. The molecule has 2 aromatic carbocycles. The Bertz CT molecular complexity index is 1380. The van der Waals surface area contributed by atoms with Gasteiger partial charge in [-0.05, 0) is 42.7 Å². The van der Waals surface area contributed by atoms with Crippen LogP contribution in [0.2, 0.25) is 0 Å². The number of carbonyl (C=O) groups is 1. The van der Waals surface area contributed by atoms with Crippen LogP contribution < -0.4 is 15.1 Å². The lowest BCUT2D eigenvalue weighted by molar-refractivity contribution is 0.102. The molecule has 0 bridgehead atoms. The van der Waals surface area contributed by atoms with Gasteiger partial charge in [0.2, 0.25) is 0 Å². The van der Waals surface area contributed by atoms with Crippen LogP contribution in [-0.2, 0) is 0 Å². The predicted molar refractivity (Wildman–Crippen MR) is 149 cm³/mol. The molecule has 1 fully saturated rings. The first kappa shape index (κ1) is 24.4. The summed E-state index contributed by atoms with van der Waals surface area (Å²) in [7, 11) is 0. The van der Waals surface area contributed by atoms with Crippen LogP contribution in [0.3, 0.4) is 0 Å². The molecular formula is C30H32N6O. The molecule has 0 atom stereocenters. The number of hydrogen-bond donors (Lipinski definition) is 1. The Balaban J connectivity index is 1.35. The summed E-state index contributed by atoms with van der Waals surface area (Å²) in [5.41, 5.74) is 6.35. The van der Waals surface area contributed by atoms with Gasteiger partial charge >= 0.3 is 0 Å². The largest absolute Gasteiger partial charge is 0.366 e. The molecule has 7 nitrogen and oxygen atoms in total. The van der Waals surface area contributed by atoms with E-state index in [2.05, 4.69) is 63.2 Å². The Kier molecular flexibility index (Phi) is 7.12. The van der Waals surface area contributed by atoms with Crippen LogP contribution in [0.4, 0.5) is 17.2 Å². The van der Waals surface area contributed by atoms with Crippen LogP contribution in [0.15, 0.2) is 79.3 Å². The maximum Gasteiger partial charge on any atom is 0.257 e. The van der Waals surface area contributed by atoms with Gasteiger partial charge in [0.15, 0.2) is 0 Å². The van der Waals surface area contributed by atoms with Gasteiger partial charge < -0.3 is 15.1 Å². The molecule has 3 heterocycles. The Morgan fingerprint density at radius 2 is 1.68 bits per heavy atom. The molecule has 1 amide bonds. The molecule has 7 heteroatoms. The van der Waals surface area contributed by atoms with E-state index in [-0.39, 0.29) is 5.91 Å². The standard InChI is InChI=1S/C30H32N6O/c1-21(2)24-11-12-26(34-30(37)25-10-7-13-32-22(25)3)28(18-24)35-14-16-36(17-15-35)29-20-31-19-27(33-29)23-8-5-4-6-9-23/h4-13,18-21H,14-17H2,1-3H3,(H,34,37). The van der Waals surface area contributed by atoms with Crippen molar-refractivity contribution in [1.29, 1.82) is 0 Å². The lowest BCUT2D eigenvalue weighted by atomic mass is 10.0. The number of nitrogens with zero attached hydrogens (tertiary/aromatic N) is 5. The first-order chi connectivity index (χ1) is 18.0. The molecule has 0 aliphatic carbocycles. The van der Waals surface area contributed by atoms with Gasteiger partial charge in [0.25, 0.3) is 5.91 Å². The number of aryl methyl sites for hydroxylation is 1. The highest BCUT2D eigenvalue weighted by Gasteiger charge is 2.23. The summed E-state index contributed by atoms with van der Waals surface area (Å²) in [6.45, 7) is 9.48. The van der Waals surface area contributed by atoms with E-state index in [1.54, 1.807) is 12.3 Å². The first-order valence-corrected chi connectivity index (χ1v) is 12.7. The Morgan fingerprint density at radius 1 is 0.919 bits per heavy atom. The van der Waals surface area contributed by atoms with Crippen molar-refractivity contribution in [3.05, 3.63) is 96.1 Å². The van der Waals surface area contributed by atoms with Gasteiger partial charge in [-0.25, -0.2) is 4.98 Å². The zero-order valence-corrected chi connectivity index (χ0v) is 21.6. The maximum atomic E-state index is 13.1. The highest BCUT2D eigenvalue weighted by Crippen LogP contribution is 2.32. The highest BCUT2D eigenvalue weighted by molar-refractivity contribution is 6.06. The number of aromatic nitrogens is 3. The number of hydrogen-bond acceptors (Lipinski definition) is 6. The summed E-state index contributed by atoms with van der Waals surface area (Å²) in [5.74, 6) is 1.13. The smallest absolute Gasteiger partial charge is 0.257 e. The average Bonchev–Trinajstić information content (AvgIpc) is 2.94. The summed E-state index contributed by atoms with van der Waals surface area (Å²) in [4.78, 5) is 31.3. The quantitative estimate of drug-likeness (QED) is 0.380. The van der Waals surface area contributed by atoms with Gasteiger partial charge in [0.05, 0.1) is 35.0 Å². The van der Waals surface area contributed by atoms with Crippen molar-refractivity contribution >= 4 is 23.1 Å². The molecule has 37 heavy (non-hydrogen) atoms. The molecule has 188 valence electrons. The van der Waals surface area contributed by atoms with Crippen LogP contribution >= 0.6 is 0 Å². The van der Waals surface area contributed by atoms with Crippen molar-refractivity contribution in [2.75, 3.05) is 41.3 Å². The SMILES string of the molecule is Cc1ncccc1C(=O)Nc1ccc(C(C)C)cc1N1CCN(c2cncc(-c3ccccc3)n2)CC1. The molecule has 1 aliphatic rings. The fourth-order valence-corrected chi connectivity index (χ4v) is 4.62. The Morgan fingerprint density at radius 3 is 2.41 bits per heavy atom. The average molecular weight is 493 g/mol.